The molecule has 0 aliphatic carbocycles. The lowest BCUT2D eigenvalue weighted by Gasteiger charge is -2.21. The number of carboxylic acid groups (broad SMARTS) is 1. The van der Waals surface area contributed by atoms with Crippen LogP contribution in [0.3, 0.4) is 0 Å². The van der Waals surface area contributed by atoms with Crippen LogP contribution in [-0.4, -0.2) is 24.7 Å². The van der Waals surface area contributed by atoms with Gasteiger partial charge < -0.3 is 10.0 Å². The molecular formula is C17H19NO2. The van der Waals surface area contributed by atoms with Crippen molar-refractivity contribution >= 4 is 11.7 Å². The lowest BCUT2D eigenvalue weighted by molar-refractivity contribution is -0.140. The van der Waals surface area contributed by atoms with Crippen LogP contribution in [0, 0.1) is 5.92 Å². The van der Waals surface area contributed by atoms with Gasteiger partial charge in [-0.15, -0.1) is 0 Å². The second-order valence-corrected chi connectivity index (χ2v) is 5.03. The molecule has 0 saturated heterocycles. The molecule has 3 heteroatoms. The molecule has 20 heavy (non-hydrogen) atoms. The Bertz CT molecular complexity index is 563. The summed E-state index contributed by atoms with van der Waals surface area (Å²) in [5.74, 6) is -1.15. The zero-order chi connectivity index (χ0) is 14.5. The van der Waals surface area contributed by atoms with Crippen molar-refractivity contribution in [3.05, 3.63) is 54.6 Å². The van der Waals surface area contributed by atoms with Gasteiger partial charge in [0.15, 0.2) is 0 Å². The Kier molecular flexibility index (Phi) is 4.41. The summed E-state index contributed by atoms with van der Waals surface area (Å²) in [6.07, 6.45) is 0. The third kappa shape index (κ3) is 3.38. The van der Waals surface area contributed by atoms with E-state index in [4.69, 9.17) is 5.11 Å². The van der Waals surface area contributed by atoms with Gasteiger partial charge in [0.05, 0.1) is 5.92 Å². The minimum atomic E-state index is -0.766. The summed E-state index contributed by atoms with van der Waals surface area (Å²) < 4.78 is 0. The average molecular weight is 269 g/mol. The number of benzene rings is 2. The predicted octanol–water partition coefficient (Wildman–Crippen LogP) is 3.51. The molecule has 0 aliphatic rings. The fourth-order valence-corrected chi connectivity index (χ4v) is 2.13. The molecule has 2 aromatic carbocycles. The van der Waals surface area contributed by atoms with E-state index in [0.29, 0.717) is 6.54 Å². The highest BCUT2D eigenvalue weighted by atomic mass is 16.4. The van der Waals surface area contributed by atoms with Crippen LogP contribution in [0.15, 0.2) is 54.6 Å². The van der Waals surface area contributed by atoms with Crippen LogP contribution in [0.5, 0.6) is 0 Å². The molecule has 0 radical (unpaired) electrons. The van der Waals surface area contributed by atoms with Crippen LogP contribution in [0.4, 0.5) is 5.69 Å². The molecule has 0 fully saturated rings. The van der Waals surface area contributed by atoms with Crippen LogP contribution in [0.1, 0.15) is 6.92 Å². The van der Waals surface area contributed by atoms with E-state index in [1.165, 1.54) is 5.56 Å². The first-order valence-electron chi connectivity index (χ1n) is 6.67. The summed E-state index contributed by atoms with van der Waals surface area (Å²) in [5, 5.41) is 8.94. The number of carbonyl (C=O) groups is 1. The lowest BCUT2D eigenvalue weighted by Crippen LogP contribution is -2.28. The van der Waals surface area contributed by atoms with Crippen LogP contribution in [0.2, 0.25) is 0 Å². The number of aliphatic carboxylic acids is 1. The molecule has 3 nitrogen and oxygen atoms in total. The van der Waals surface area contributed by atoms with E-state index in [9.17, 15) is 4.79 Å². The minimum absolute atomic E-state index is 0.381. The van der Waals surface area contributed by atoms with Crippen molar-refractivity contribution in [2.75, 3.05) is 18.5 Å². The van der Waals surface area contributed by atoms with E-state index >= 15 is 0 Å². The zero-order valence-electron chi connectivity index (χ0n) is 11.8. The highest BCUT2D eigenvalue weighted by Crippen LogP contribution is 2.22. The van der Waals surface area contributed by atoms with E-state index in [2.05, 4.69) is 24.3 Å². The Morgan fingerprint density at radius 3 is 2.15 bits per heavy atom. The SMILES string of the molecule is CC(CN(C)c1ccc(-c2ccccc2)cc1)C(=O)O. The molecule has 104 valence electrons. The molecule has 1 N–H and O–H groups in total. The summed E-state index contributed by atoms with van der Waals surface area (Å²) in [7, 11) is 1.91. The van der Waals surface area contributed by atoms with Crippen molar-refractivity contribution in [2.45, 2.75) is 6.92 Å². The predicted molar refractivity (Wildman–Crippen MR) is 81.9 cm³/mol. The number of hydrogen-bond donors (Lipinski definition) is 1. The van der Waals surface area contributed by atoms with Gasteiger partial charge in [0.1, 0.15) is 0 Å². The quantitative estimate of drug-likeness (QED) is 0.903. The monoisotopic (exact) mass is 269 g/mol. The van der Waals surface area contributed by atoms with Crippen LogP contribution >= 0.6 is 0 Å². The van der Waals surface area contributed by atoms with Crippen molar-refractivity contribution in [1.29, 1.82) is 0 Å². The Morgan fingerprint density at radius 1 is 1.05 bits per heavy atom. The number of hydrogen-bond acceptors (Lipinski definition) is 2. The Balaban J connectivity index is 2.10. The summed E-state index contributed by atoms with van der Waals surface area (Å²) in [5.41, 5.74) is 3.37. The maximum Gasteiger partial charge on any atom is 0.308 e. The first kappa shape index (κ1) is 14.1. The van der Waals surface area contributed by atoms with Gasteiger partial charge in [-0.3, -0.25) is 4.79 Å². The van der Waals surface area contributed by atoms with Gasteiger partial charge in [0.25, 0.3) is 0 Å². The van der Waals surface area contributed by atoms with E-state index < -0.39 is 5.97 Å². The van der Waals surface area contributed by atoms with Crippen molar-refractivity contribution in [1.82, 2.24) is 0 Å². The largest absolute Gasteiger partial charge is 0.481 e. The van der Waals surface area contributed by atoms with Gasteiger partial charge in [-0.1, -0.05) is 49.4 Å². The van der Waals surface area contributed by atoms with Gasteiger partial charge in [0.2, 0.25) is 0 Å². The van der Waals surface area contributed by atoms with Crippen LogP contribution < -0.4 is 4.90 Å². The van der Waals surface area contributed by atoms with Crippen LogP contribution in [-0.2, 0) is 4.79 Å². The summed E-state index contributed by atoms with van der Waals surface area (Å²) in [4.78, 5) is 12.8. The number of carboxylic acids is 1. The first-order chi connectivity index (χ1) is 9.58. The molecule has 0 aliphatic heterocycles. The third-order valence-corrected chi connectivity index (χ3v) is 3.38. The fourth-order valence-electron chi connectivity index (χ4n) is 2.13. The molecule has 2 aromatic rings. The molecule has 1 unspecified atom stereocenters. The molecule has 0 heterocycles. The van der Waals surface area contributed by atoms with Crippen molar-refractivity contribution < 1.29 is 9.90 Å². The number of nitrogens with zero attached hydrogens (tertiary/aromatic N) is 1. The molecule has 0 aromatic heterocycles. The van der Waals surface area contributed by atoms with Gasteiger partial charge in [-0.05, 0) is 23.3 Å². The van der Waals surface area contributed by atoms with Gasteiger partial charge >= 0.3 is 5.97 Å². The lowest BCUT2D eigenvalue weighted by atomic mass is 10.1. The van der Waals surface area contributed by atoms with E-state index in [1.807, 2.05) is 42.3 Å². The molecule has 2 rings (SSSR count). The Hall–Kier alpha value is -2.29. The molecule has 0 amide bonds. The number of anilines is 1. The highest BCUT2D eigenvalue weighted by molar-refractivity contribution is 5.71. The topological polar surface area (TPSA) is 40.5 Å². The molecule has 1 atom stereocenters. The maximum absolute atomic E-state index is 10.9. The second-order valence-electron chi connectivity index (χ2n) is 5.03. The van der Waals surface area contributed by atoms with Gasteiger partial charge in [0, 0.05) is 19.3 Å². The van der Waals surface area contributed by atoms with E-state index in [-0.39, 0.29) is 5.92 Å². The smallest absolute Gasteiger partial charge is 0.308 e. The summed E-state index contributed by atoms with van der Waals surface area (Å²) >= 11 is 0. The third-order valence-electron chi connectivity index (χ3n) is 3.38. The van der Waals surface area contributed by atoms with Crippen LogP contribution in [0.25, 0.3) is 11.1 Å². The van der Waals surface area contributed by atoms with Gasteiger partial charge in [-0.25, -0.2) is 0 Å². The second kappa shape index (κ2) is 6.24. The minimum Gasteiger partial charge on any atom is -0.481 e. The zero-order valence-corrected chi connectivity index (χ0v) is 11.8. The highest BCUT2D eigenvalue weighted by Gasteiger charge is 2.13. The molecular weight excluding hydrogens is 250 g/mol. The molecule has 0 saturated carbocycles. The Labute approximate surface area is 119 Å². The maximum atomic E-state index is 10.9. The fraction of sp³-hybridized carbons (Fsp3) is 0.235. The summed E-state index contributed by atoms with van der Waals surface area (Å²) in [6.45, 7) is 2.22. The van der Waals surface area contributed by atoms with Crippen molar-refractivity contribution in [3.63, 3.8) is 0 Å². The normalized spacial score (nSPS) is 11.9. The first-order valence-corrected chi connectivity index (χ1v) is 6.67. The molecule has 0 bridgehead atoms. The molecule has 0 spiro atoms. The average Bonchev–Trinajstić information content (AvgIpc) is 2.48. The van der Waals surface area contributed by atoms with E-state index in [0.717, 1.165) is 11.3 Å². The number of rotatable bonds is 5. The Morgan fingerprint density at radius 2 is 1.60 bits per heavy atom. The summed E-state index contributed by atoms with van der Waals surface area (Å²) in [6, 6.07) is 18.4. The van der Waals surface area contributed by atoms with Crippen molar-refractivity contribution in [3.8, 4) is 11.1 Å². The van der Waals surface area contributed by atoms with Crippen molar-refractivity contribution in [2.24, 2.45) is 5.92 Å². The van der Waals surface area contributed by atoms with E-state index in [1.54, 1.807) is 6.92 Å². The standard InChI is InChI=1S/C17H19NO2/c1-13(17(19)20)12-18(2)16-10-8-15(9-11-16)14-6-4-3-5-7-14/h3-11,13H,12H2,1-2H3,(H,19,20). The van der Waals surface area contributed by atoms with Gasteiger partial charge in [-0.2, -0.15) is 0 Å².